The molecule has 0 saturated heterocycles. The molecule has 1 atom stereocenters. The van der Waals surface area contributed by atoms with Gasteiger partial charge in [-0.2, -0.15) is 0 Å². The van der Waals surface area contributed by atoms with Gasteiger partial charge in [-0.1, -0.05) is 29.8 Å². The van der Waals surface area contributed by atoms with Crippen LogP contribution in [0.3, 0.4) is 0 Å². The Morgan fingerprint density at radius 1 is 1.45 bits per heavy atom. The highest BCUT2D eigenvalue weighted by Gasteiger charge is 2.37. The third-order valence-corrected chi connectivity index (χ3v) is 4.39. The van der Waals surface area contributed by atoms with Gasteiger partial charge >= 0.3 is 0 Å². The Morgan fingerprint density at radius 3 is 2.77 bits per heavy atom. The third kappa shape index (κ3) is 2.89. The van der Waals surface area contributed by atoms with E-state index in [9.17, 15) is 4.79 Å². The van der Waals surface area contributed by atoms with E-state index in [1.165, 1.54) is 6.26 Å². The maximum atomic E-state index is 12.9. The first-order valence-electron chi connectivity index (χ1n) is 7.46. The second-order valence-corrected chi connectivity index (χ2v) is 6.05. The van der Waals surface area contributed by atoms with Crippen molar-refractivity contribution in [2.24, 2.45) is 5.73 Å². The van der Waals surface area contributed by atoms with Crippen LogP contribution in [0, 0.1) is 0 Å². The van der Waals surface area contributed by atoms with Gasteiger partial charge in [0.15, 0.2) is 0 Å². The van der Waals surface area contributed by atoms with Crippen LogP contribution < -0.4 is 5.73 Å². The number of amides is 1. The Labute approximate surface area is 134 Å². The van der Waals surface area contributed by atoms with Crippen LogP contribution in [0.5, 0.6) is 0 Å². The Bertz CT molecular complexity index is 679. The molecule has 22 heavy (non-hydrogen) atoms. The van der Waals surface area contributed by atoms with Crippen LogP contribution in [0.25, 0.3) is 0 Å². The van der Waals surface area contributed by atoms with E-state index in [4.69, 9.17) is 21.8 Å². The molecule has 1 amide bonds. The summed E-state index contributed by atoms with van der Waals surface area (Å²) in [4.78, 5) is 14.8. The topological polar surface area (TPSA) is 59.5 Å². The van der Waals surface area contributed by atoms with E-state index >= 15 is 0 Å². The highest BCUT2D eigenvalue weighted by Crippen LogP contribution is 2.37. The van der Waals surface area contributed by atoms with Crippen LogP contribution in [0.15, 0.2) is 41.0 Å². The van der Waals surface area contributed by atoms with Crippen molar-refractivity contribution in [3.63, 3.8) is 0 Å². The van der Waals surface area contributed by atoms with Gasteiger partial charge in [0, 0.05) is 11.1 Å². The van der Waals surface area contributed by atoms with Crippen molar-refractivity contribution < 1.29 is 9.21 Å². The summed E-state index contributed by atoms with van der Waals surface area (Å²) in [5, 5.41) is 0.684. The molecule has 0 bridgehead atoms. The monoisotopic (exact) mass is 318 g/mol. The van der Waals surface area contributed by atoms with Crippen LogP contribution in [0.1, 0.15) is 47.5 Å². The Hall–Kier alpha value is -1.78. The lowest BCUT2D eigenvalue weighted by Gasteiger charge is -2.30. The minimum atomic E-state index is -0.0788. The zero-order valence-electron chi connectivity index (χ0n) is 12.5. The number of nitrogens with zero attached hydrogens (tertiary/aromatic N) is 1. The largest absolute Gasteiger partial charge is 0.467 e. The summed E-state index contributed by atoms with van der Waals surface area (Å²) in [6.07, 6.45) is 3.55. The Kier molecular flexibility index (Phi) is 4.23. The minimum absolute atomic E-state index is 0.0293. The number of hydrogen-bond donors (Lipinski definition) is 1. The molecule has 3 rings (SSSR count). The number of halogens is 1. The standard InChI is InChI=1S/C17H19ClN2O2/c1-11(15-4-2-3-5-16(15)18)20(13-6-7-13)17(21)12-8-14(9-19)22-10-12/h2-5,8,10-11,13H,6-7,9,19H2,1H3. The summed E-state index contributed by atoms with van der Waals surface area (Å²) in [5.41, 5.74) is 7.06. The molecule has 1 aliphatic carbocycles. The summed E-state index contributed by atoms with van der Waals surface area (Å²) >= 11 is 6.29. The molecule has 1 aromatic heterocycles. The van der Waals surface area contributed by atoms with Crippen molar-refractivity contribution in [2.45, 2.75) is 38.4 Å². The van der Waals surface area contributed by atoms with Gasteiger partial charge < -0.3 is 15.1 Å². The molecule has 5 heteroatoms. The van der Waals surface area contributed by atoms with Crippen molar-refractivity contribution in [3.05, 3.63) is 58.5 Å². The highest BCUT2D eigenvalue weighted by atomic mass is 35.5. The van der Waals surface area contributed by atoms with E-state index in [1.54, 1.807) is 6.07 Å². The number of furan rings is 1. The van der Waals surface area contributed by atoms with Gasteiger partial charge in [-0.15, -0.1) is 0 Å². The Balaban J connectivity index is 1.89. The first-order chi connectivity index (χ1) is 10.6. The summed E-state index contributed by atoms with van der Waals surface area (Å²) < 4.78 is 5.30. The molecule has 1 unspecified atom stereocenters. The van der Waals surface area contributed by atoms with Gasteiger partial charge in [0.25, 0.3) is 5.91 Å². The second kappa shape index (κ2) is 6.15. The highest BCUT2D eigenvalue weighted by molar-refractivity contribution is 6.31. The van der Waals surface area contributed by atoms with Crippen LogP contribution >= 0.6 is 11.6 Å². The maximum absolute atomic E-state index is 12.9. The summed E-state index contributed by atoms with van der Waals surface area (Å²) in [6, 6.07) is 9.57. The molecule has 0 spiro atoms. The second-order valence-electron chi connectivity index (χ2n) is 5.65. The Morgan fingerprint density at radius 2 is 2.18 bits per heavy atom. The summed E-state index contributed by atoms with van der Waals surface area (Å²) in [5.74, 6) is 0.586. The maximum Gasteiger partial charge on any atom is 0.257 e. The van der Waals surface area contributed by atoms with Crippen molar-refractivity contribution >= 4 is 17.5 Å². The van der Waals surface area contributed by atoms with Crippen LogP contribution in [0.4, 0.5) is 0 Å². The quantitative estimate of drug-likeness (QED) is 0.913. The molecule has 2 N–H and O–H groups in total. The average Bonchev–Trinajstić information content (AvgIpc) is 3.23. The van der Waals surface area contributed by atoms with Crippen molar-refractivity contribution in [3.8, 4) is 0 Å². The molecular formula is C17H19ClN2O2. The van der Waals surface area contributed by atoms with Gasteiger partial charge in [0.05, 0.1) is 18.2 Å². The number of benzene rings is 1. The van der Waals surface area contributed by atoms with Crippen molar-refractivity contribution in [1.82, 2.24) is 4.90 Å². The molecule has 4 nitrogen and oxygen atoms in total. The third-order valence-electron chi connectivity index (χ3n) is 4.05. The number of carbonyl (C=O) groups is 1. The van der Waals surface area contributed by atoms with E-state index < -0.39 is 0 Å². The molecule has 1 aromatic carbocycles. The predicted octanol–water partition coefficient (Wildman–Crippen LogP) is 3.76. The molecule has 116 valence electrons. The zero-order chi connectivity index (χ0) is 15.7. The first kappa shape index (κ1) is 15.1. The van der Waals surface area contributed by atoms with E-state index in [-0.39, 0.29) is 24.5 Å². The van der Waals surface area contributed by atoms with Crippen molar-refractivity contribution in [1.29, 1.82) is 0 Å². The number of nitrogens with two attached hydrogens (primary N) is 1. The van der Waals surface area contributed by atoms with Gasteiger partial charge in [0.1, 0.15) is 12.0 Å². The van der Waals surface area contributed by atoms with E-state index in [2.05, 4.69) is 0 Å². The fraction of sp³-hybridized carbons (Fsp3) is 0.353. The molecule has 1 heterocycles. The predicted molar refractivity (Wildman–Crippen MR) is 85.7 cm³/mol. The lowest BCUT2D eigenvalue weighted by molar-refractivity contribution is 0.0673. The fourth-order valence-electron chi connectivity index (χ4n) is 2.72. The van der Waals surface area contributed by atoms with Crippen LogP contribution in [0.2, 0.25) is 5.02 Å². The summed E-state index contributed by atoms with van der Waals surface area (Å²) in [7, 11) is 0. The van der Waals surface area contributed by atoms with E-state index in [1.807, 2.05) is 36.1 Å². The van der Waals surface area contributed by atoms with Gasteiger partial charge in [-0.05, 0) is 37.5 Å². The lowest BCUT2D eigenvalue weighted by Crippen LogP contribution is -2.35. The summed E-state index contributed by atoms with van der Waals surface area (Å²) in [6.45, 7) is 2.30. The van der Waals surface area contributed by atoms with Gasteiger partial charge in [-0.3, -0.25) is 4.79 Å². The number of carbonyl (C=O) groups excluding carboxylic acids is 1. The number of hydrogen-bond acceptors (Lipinski definition) is 3. The molecule has 2 aromatic rings. The molecule has 1 aliphatic rings. The van der Waals surface area contributed by atoms with E-state index in [0.29, 0.717) is 16.3 Å². The lowest BCUT2D eigenvalue weighted by atomic mass is 10.1. The van der Waals surface area contributed by atoms with Gasteiger partial charge in [-0.25, -0.2) is 0 Å². The zero-order valence-corrected chi connectivity index (χ0v) is 13.2. The first-order valence-corrected chi connectivity index (χ1v) is 7.84. The fourth-order valence-corrected chi connectivity index (χ4v) is 3.02. The minimum Gasteiger partial charge on any atom is -0.467 e. The van der Waals surface area contributed by atoms with Crippen LogP contribution in [-0.4, -0.2) is 16.8 Å². The molecule has 1 saturated carbocycles. The smallest absolute Gasteiger partial charge is 0.257 e. The van der Waals surface area contributed by atoms with Gasteiger partial charge in [0.2, 0.25) is 0 Å². The van der Waals surface area contributed by atoms with Crippen LogP contribution in [-0.2, 0) is 6.54 Å². The average molecular weight is 319 g/mol. The molecule has 0 aliphatic heterocycles. The molecule has 0 radical (unpaired) electrons. The van der Waals surface area contributed by atoms with Crippen molar-refractivity contribution in [2.75, 3.05) is 0 Å². The van der Waals surface area contributed by atoms with E-state index in [0.717, 1.165) is 18.4 Å². The number of rotatable bonds is 5. The normalized spacial score (nSPS) is 15.6. The SMILES string of the molecule is CC(c1ccccc1Cl)N(C(=O)c1coc(CN)c1)C1CC1. The molecular weight excluding hydrogens is 300 g/mol. The molecule has 1 fully saturated rings.